The van der Waals surface area contributed by atoms with Crippen LogP contribution in [0.5, 0.6) is 0 Å². The van der Waals surface area contributed by atoms with E-state index >= 15 is 0 Å². The van der Waals surface area contributed by atoms with Gasteiger partial charge in [0.15, 0.2) is 0 Å². The molecule has 0 spiro atoms. The lowest BCUT2D eigenvalue weighted by Gasteiger charge is -2.23. The van der Waals surface area contributed by atoms with Crippen LogP contribution in [-0.2, 0) is 13.1 Å². The smallest absolute Gasteiger partial charge is 0.337 e. The van der Waals surface area contributed by atoms with Crippen molar-refractivity contribution in [3.63, 3.8) is 0 Å². The molecule has 0 amide bonds. The Hall–Kier alpha value is -2.07. The van der Waals surface area contributed by atoms with Gasteiger partial charge in [0, 0.05) is 36.1 Å². The number of carboxylic acid groups (broad SMARTS) is 1. The fraction of sp³-hybridized carbons (Fsp3) is 0.500. The van der Waals surface area contributed by atoms with Crippen LogP contribution in [0.4, 0.5) is 0 Å². The largest absolute Gasteiger partial charge is 0.478 e. The summed E-state index contributed by atoms with van der Waals surface area (Å²) >= 11 is 0. The number of aryl methyl sites for hydroxylation is 1. The van der Waals surface area contributed by atoms with Gasteiger partial charge in [-0.15, -0.1) is 0 Å². The Morgan fingerprint density at radius 3 is 2.35 bits per heavy atom. The molecule has 1 aromatic heterocycles. The van der Waals surface area contributed by atoms with Crippen LogP contribution in [0.1, 0.15) is 70.5 Å². The van der Waals surface area contributed by atoms with Gasteiger partial charge in [0.2, 0.25) is 0 Å². The molecule has 0 saturated heterocycles. The van der Waals surface area contributed by atoms with Gasteiger partial charge >= 0.3 is 5.97 Å². The molecule has 1 saturated carbocycles. The summed E-state index contributed by atoms with van der Waals surface area (Å²) in [6.45, 7) is 7.40. The highest BCUT2D eigenvalue weighted by Crippen LogP contribution is 2.25. The van der Waals surface area contributed by atoms with Crippen molar-refractivity contribution in [3.8, 4) is 0 Å². The van der Waals surface area contributed by atoms with Crippen LogP contribution in [0.3, 0.4) is 0 Å². The Morgan fingerprint density at radius 2 is 1.73 bits per heavy atom. The third-order valence-electron chi connectivity index (χ3n) is 5.76. The normalized spacial score (nSPS) is 15.3. The number of nitrogens with one attached hydrogen (secondary N) is 1. The number of hydrogen-bond donors (Lipinski definition) is 2. The molecule has 1 aliphatic rings. The van der Waals surface area contributed by atoms with Crippen molar-refractivity contribution in [1.29, 1.82) is 0 Å². The molecule has 4 heteroatoms. The molecule has 0 radical (unpaired) electrons. The summed E-state index contributed by atoms with van der Waals surface area (Å²) < 4.78 is 2.14. The predicted molar refractivity (Wildman–Crippen MR) is 105 cm³/mol. The topological polar surface area (TPSA) is 54.3 Å². The maximum Gasteiger partial charge on any atom is 0.337 e. The second kappa shape index (κ2) is 8.09. The summed E-state index contributed by atoms with van der Waals surface area (Å²) in [5.41, 5.74) is 5.74. The first-order valence-corrected chi connectivity index (χ1v) is 9.68. The molecule has 0 atom stereocenters. The number of aromatic nitrogens is 1. The first-order valence-electron chi connectivity index (χ1n) is 9.68. The van der Waals surface area contributed by atoms with E-state index in [1.54, 1.807) is 0 Å². The summed E-state index contributed by atoms with van der Waals surface area (Å²) in [4.78, 5) is 11.9. The van der Waals surface area contributed by atoms with Crippen LogP contribution in [0.2, 0.25) is 0 Å². The summed E-state index contributed by atoms with van der Waals surface area (Å²) in [7, 11) is 0. The van der Waals surface area contributed by atoms with Gasteiger partial charge in [-0.2, -0.15) is 0 Å². The Balaban J connectivity index is 1.85. The zero-order valence-corrected chi connectivity index (χ0v) is 16.1. The van der Waals surface area contributed by atoms with E-state index in [0.717, 1.165) is 17.0 Å². The van der Waals surface area contributed by atoms with Crippen LogP contribution < -0.4 is 5.32 Å². The molecular weight excluding hydrogens is 324 g/mol. The highest BCUT2D eigenvalue weighted by Gasteiger charge is 2.23. The van der Waals surface area contributed by atoms with Gasteiger partial charge < -0.3 is 15.0 Å². The second-order valence-corrected chi connectivity index (χ2v) is 7.62. The van der Waals surface area contributed by atoms with Gasteiger partial charge in [0.1, 0.15) is 0 Å². The van der Waals surface area contributed by atoms with Gasteiger partial charge in [-0.05, 0) is 39.2 Å². The van der Waals surface area contributed by atoms with E-state index in [2.05, 4.69) is 41.1 Å². The molecule has 4 nitrogen and oxygen atoms in total. The van der Waals surface area contributed by atoms with E-state index in [9.17, 15) is 9.90 Å². The van der Waals surface area contributed by atoms with Crippen molar-refractivity contribution >= 4 is 5.97 Å². The second-order valence-electron chi connectivity index (χ2n) is 7.62. The molecule has 1 aliphatic carbocycles. The highest BCUT2D eigenvalue weighted by atomic mass is 16.4. The molecule has 2 aromatic rings. The predicted octanol–water partition coefficient (Wildman–Crippen LogP) is 4.58. The number of hydrogen-bond acceptors (Lipinski definition) is 2. The molecule has 26 heavy (non-hydrogen) atoms. The zero-order chi connectivity index (χ0) is 18.7. The van der Waals surface area contributed by atoms with Gasteiger partial charge in [-0.3, -0.25) is 0 Å². The Morgan fingerprint density at radius 1 is 1.08 bits per heavy atom. The highest BCUT2D eigenvalue weighted by molar-refractivity contribution is 5.91. The van der Waals surface area contributed by atoms with Gasteiger partial charge in [0.25, 0.3) is 0 Å². The van der Waals surface area contributed by atoms with Crippen LogP contribution >= 0.6 is 0 Å². The van der Waals surface area contributed by atoms with Crippen LogP contribution in [-0.4, -0.2) is 21.7 Å². The van der Waals surface area contributed by atoms with E-state index in [1.165, 1.54) is 43.2 Å². The molecule has 0 bridgehead atoms. The number of rotatable bonds is 6. The van der Waals surface area contributed by atoms with Crippen LogP contribution in [0.25, 0.3) is 0 Å². The van der Waals surface area contributed by atoms with Crippen molar-refractivity contribution in [1.82, 2.24) is 9.88 Å². The number of carboxylic acids is 1. The third kappa shape index (κ3) is 4.01. The molecule has 3 rings (SSSR count). The van der Waals surface area contributed by atoms with Crippen molar-refractivity contribution in [2.75, 3.05) is 0 Å². The average Bonchev–Trinajstić information content (AvgIpc) is 2.87. The fourth-order valence-electron chi connectivity index (χ4n) is 4.12. The molecule has 1 fully saturated rings. The molecular formula is C22H30N2O2. The molecule has 0 unspecified atom stereocenters. The molecule has 140 valence electrons. The summed E-state index contributed by atoms with van der Waals surface area (Å²) in [6.07, 6.45) is 6.27. The minimum atomic E-state index is -0.825. The zero-order valence-electron chi connectivity index (χ0n) is 16.1. The van der Waals surface area contributed by atoms with Gasteiger partial charge in [-0.1, -0.05) is 49.1 Å². The van der Waals surface area contributed by atoms with Crippen molar-refractivity contribution in [2.45, 2.75) is 72.0 Å². The van der Waals surface area contributed by atoms with Crippen molar-refractivity contribution in [3.05, 3.63) is 57.9 Å². The third-order valence-corrected chi connectivity index (χ3v) is 5.76. The molecule has 1 aromatic carbocycles. The van der Waals surface area contributed by atoms with E-state index in [4.69, 9.17) is 0 Å². The Labute approximate surface area is 156 Å². The van der Waals surface area contributed by atoms with Crippen molar-refractivity contribution in [2.24, 2.45) is 0 Å². The van der Waals surface area contributed by atoms with E-state index < -0.39 is 5.97 Å². The van der Waals surface area contributed by atoms with Gasteiger partial charge in [0.05, 0.1) is 5.56 Å². The summed E-state index contributed by atoms with van der Waals surface area (Å²) in [6, 6.07) is 8.97. The van der Waals surface area contributed by atoms with E-state index in [-0.39, 0.29) is 0 Å². The lowest BCUT2D eigenvalue weighted by atomic mass is 9.95. The monoisotopic (exact) mass is 354 g/mol. The van der Waals surface area contributed by atoms with Crippen molar-refractivity contribution < 1.29 is 9.90 Å². The average molecular weight is 354 g/mol. The maximum atomic E-state index is 11.9. The first kappa shape index (κ1) is 18.7. The van der Waals surface area contributed by atoms with Crippen LogP contribution in [0.15, 0.2) is 24.3 Å². The summed E-state index contributed by atoms with van der Waals surface area (Å²) in [5, 5.41) is 13.4. The Bertz CT molecular complexity index is 768. The Kier molecular flexibility index (Phi) is 5.82. The minimum absolute atomic E-state index is 0.470. The fourth-order valence-corrected chi connectivity index (χ4v) is 4.12. The van der Waals surface area contributed by atoms with E-state index in [0.29, 0.717) is 24.7 Å². The number of aromatic carboxylic acids is 1. The lowest BCUT2D eigenvalue weighted by Crippen LogP contribution is -2.31. The van der Waals surface area contributed by atoms with Crippen LogP contribution in [0, 0.1) is 20.8 Å². The maximum absolute atomic E-state index is 11.9. The molecule has 1 heterocycles. The molecule has 0 aliphatic heterocycles. The summed E-state index contributed by atoms with van der Waals surface area (Å²) in [5.74, 6) is -0.825. The number of nitrogens with zero attached hydrogens (tertiary/aromatic N) is 1. The number of carbonyl (C=O) groups is 1. The lowest BCUT2D eigenvalue weighted by molar-refractivity contribution is 0.0694. The first-order chi connectivity index (χ1) is 12.5. The molecule has 2 N–H and O–H groups in total. The minimum Gasteiger partial charge on any atom is -0.478 e. The van der Waals surface area contributed by atoms with Gasteiger partial charge in [-0.25, -0.2) is 4.79 Å². The quantitative estimate of drug-likeness (QED) is 0.798. The van der Waals surface area contributed by atoms with E-state index in [1.807, 2.05) is 13.8 Å². The SMILES string of the molecule is Cc1ccc(Cn2c(C)c(CNC3CCCCC3)c(C(=O)O)c2C)cc1. The standard InChI is InChI=1S/C22H30N2O2/c1-15-9-11-18(12-10-15)14-24-16(2)20(21(17(24)3)22(25)26)13-23-19-7-5-4-6-8-19/h9-12,19,23H,4-8,13-14H2,1-3H3,(H,25,26). The number of benzene rings is 1.